The minimum Gasteiger partial charge on any atom is -0.298 e. The number of aromatic nitrogens is 1. The van der Waals surface area contributed by atoms with Crippen molar-refractivity contribution in [3.05, 3.63) is 24.4 Å². The highest BCUT2D eigenvalue weighted by Crippen LogP contribution is 2.26. The van der Waals surface area contributed by atoms with E-state index in [1.165, 1.54) is 0 Å². The van der Waals surface area contributed by atoms with E-state index in [0.717, 1.165) is 12.8 Å². The van der Waals surface area contributed by atoms with Gasteiger partial charge in [-0.2, -0.15) is 0 Å². The number of pyridine rings is 1. The Hall–Kier alpha value is -1.03. The van der Waals surface area contributed by atoms with Gasteiger partial charge < -0.3 is 0 Å². The van der Waals surface area contributed by atoms with Gasteiger partial charge in [-0.3, -0.25) is 9.00 Å². The van der Waals surface area contributed by atoms with E-state index in [0.29, 0.717) is 17.4 Å². The Balaban J connectivity index is 2.14. The quantitative estimate of drug-likeness (QED) is 0.789. The van der Waals surface area contributed by atoms with E-state index in [9.17, 15) is 9.00 Å². The summed E-state index contributed by atoms with van der Waals surface area (Å²) in [7, 11) is -1.28. The largest absolute Gasteiger partial charge is 0.298 e. The summed E-state index contributed by atoms with van der Waals surface area (Å²) in [6.45, 7) is 2.07. The minimum atomic E-state index is -1.28. The highest BCUT2D eigenvalue weighted by molar-refractivity contribution is 7.86. The normalized spacial score (nSPS) is 27.7. The second kappa shape index (κ2) is 4.87. The van der Waals surface area contributed by atoms with Gasteiger partial charge in [0.05, 0.1) is 16.0 Å². The molecule has 2 rings (SSSR count). The Labute approximate surface area is 97.7 Å². The zero-order valence-corrected chi connectivity index (χ0v) is 10.1. The number of rotatable bonds is 2. The summed E-state index contributed by atoms with van der Waals surface area (Å²) < 4.78 is 12.1. The molecule has 1 heterocycles. The third-order valence-corrected chi connectivity index (χ3v) is 4.60. The van der Waals surface area contributed by atoms with Crippen LogP contribution in [-0.4, -0.2) is 20.2 Å². The van der Waals surface area contributed by atoms with Gasteiger partial charge in [-0.25, -0.2) is 4.98 Å². The maximum atomic E-state index is 12.1. The molecule has 0 bridgehead atoms. The second-order valence-electron chi connectivity index (χ2n) is 4.31. The molecular formula is C12H15NO2S. The van der Waals surface area contributed by atoms with Crippen LogP contribution in [0.4, 0.5) is 0 Å². The summed E-state index contributed by atoms with van der Waals surface area (Å²) in [5.41, 5.74) is 0. The Morgan fingerprint density at radius 3 is 2.81 bits per heavy atom. The van der Waals surface area contributed by atoms with Crippen LogP contribution < -0.4 is 0 Å². The Morgan fingerprint density at radius 1 is 1.38 bits per heavy atom. The number of Topliss-reactive ketones (excluding diaryl/α,β-unsaturated/α-hetero) is 1. The monoisotopic (exact) mass is 237 g/mol. The zero-order valence-electron chi connectivity index (χ0n) is 9.26. The predicted molar refractivity (Wildman–Crippen MR) is 62.5 cm³/mol. The molecule has 3 nitrogen and oxygen atoms in total. The standard InChI is InChI=1S/C12H15NO2S/c1-9-5-6-11(10(14)8-9)16(15)12-4-2-3-7-13-12/h2-4,7,9,11H,5-6,8H2,1H3. The van der Waals surface area contributed by atoms with Gasteiger partial charge in [0.25, 0.3) is 0 Å². The van der Waals surface area contributed by atoms with Crippen LogP contribution in [0.5, 0.6) is 0 Å². The van der Waals surface area contributed by atoms with Crippen molar-refractivity contribution in [2.24, 2.45) is 5.92 Å². The Kier molecular flexibility index (Phi) is 3.49. The zero-order chi connectivity index (χ0) is 11.5. The van der Waals surface area contributed by atoms with Crippen molar-refractivity contribution in [1.82, 2.24) is 4.98 Å². The topological polar surface area (TPSA) is 47.0 Å². The first-order chi connectivity index (χ1) is 7.68. The SMILES string of the molecule is CC1CCC(S(=O)c2ccccn2)C(=O)C1. The molecule has 4 heteroatoms. The first kappa shape index (κ1) is 11.5. The molecule has 1 saturated carbocycles. The van der Waals surface area contributed by atoms with Crippen LogP contribution >= 0.6 is 0 Å². The van der Waals surface area contributed by atoms with Gasteiger partial charge in [0.2, 0.25) is 0 Å². The summed E-state index contributed by atoms with van der Waals surface area (Å²) in [4.78, 5) is 15.9. The fourth-order valence-corrected chi connectivity index (χ4v) is 3.37. The molecule has 16 heavy (non-hydrogen) atoms. The molecule has 1 aliphatic carbocycles. The molecular weight excluding hydrogens is 222 g/mol. The molecule has 1 aromatic rings. The third kappa shape index (κ3) is 2.38. The highest BCUT2D eigenvalue weighted by Gasteiger charge is 2.31. The summed E-state index contributed by atoms with van der Waals surface area (Å²) >= 11 is 0. The first-order valence-corrected chi connectivity index (χ1v) is 6.74. The third-order valence-electron chi connectivity index (χ3n) is 2.93. The van der Waals surface area contributed by atoms with Crippen molar-refractivity contribution in [3.63, 3.8) is 0 Å². The summed E-state index contributed by atoms with van der Waals surface area (Å²) in [5, 5.41) is 0.182. The van der Waals surface area contributed by atoms with Crippen molar-refractivity contribution in [2.45, 2.75) is 36.5 Å². The highest BCUT2D eigenvalue weighted by atomic mass is 32.2. The van der Waals surface area contributed by atoms with E-state index in [2.05, 4.69) is 11.9 Å². The molecule has 1 aliphatic rings. The van der Waals surface area contributed by atoms with Gasteiger partial charge >= 0.3 is 0 Å². The minimum absolute atomic E-state index is 0.128. The van der Waals surface area contributed by atoms with Gasteiger partial charge in [-0.15, -0.1) is 0 Å². The van der Waals surface area contributed by atoms with E-state index in [1.807, 2.05) is 0 Å². The molecule has 0 radical (unpaired) electrons. The number of carbonyl (C=O) groups is 1. The number of nitrogens with zero attached hydrogens (tertiary/aromatic N) is 1. The van der Waals surface area contributed by atoms with Gasteiger partial charge in [0.1, 0.15) is 10.8 Å². The van der Waals surface area contributed by atoms with Crippen LogP contribution in [0, 0.1) is 5.92 Å². The fraction of sp³-hybridized carbons (Fsp3) is 0.500. The maximum absolute atomic E-state index is 12.1. The van der Waals surface area contributed by atoms with Gasteiger partial charge in [0, 0.05) is 12.6 Å². The molecule has 86 valence electrons. The molecule has 0 spiro atoms. The van der Waals surface area contributed by atoms with Crippen LogP contribution in [0.1, 0.15) is 26.2 Å². The van der Waals surface area contributed by atoms with Crippen LogP contribution in [0.3, 0.4) is 0 Å². The lowest BCUT2D eigenvalue weighted by molar-refractivity contribution is -0.120. The van der Waals surface area contributed by atoms with Crippen molar-refractivity contribution in [1.29, 1.82) is 0 Å². The molecule has 1 aromatic heterocycles. The maximum Gasteiger partial charge on any atom is 0.149 e. The van der Waals surface area contributed by atoms with Crippen LogP contribution in [0.25, 0.3) is 0 Å². The van der Waals surface area contributed by atoms with Gasteiger partial charge in [0.15, 0.2) is 0 Å². The molecule has 1 fully saturated rings. The summed E-state index contributed by atoms with van der Waals surface area (Å²) in [6, 6.07) is 5.31. The van der Waals surface area contributed by atoms with E-state index in [1.54, 1.807) is 24.4 Å². The second-order valence-corrected chi connectivity index (χ2v) is 5.89. The molecule has 0 saturated heterocycles. The average molecular weight is 237 g/mol. The lowest BCUT2D eigenvalue weighted by Gasteiger charge is -2.23. The van der Waals surface area contributed by atoms with E-state index in [4.69, 9.17) is 0 Å². The lowest BCUT2D eigenvalue weighted by atomic mass is 9.89. The molecule has 3 unspecified atom stereocenters. The van der Waals surface area contributed by atoms with Crippen molar-refractivity contribution in [3.8, 4) is 0 Å². The smallest absolute Gasteiger partial charge is 0.149 e. The number of hydrogen-bond donors (Lipinski definition) is 0. The molecule has 0 aliphatic heterocycles. The van der Waals surface area contributed by atoms with Crippen LogP contribution in [0.2, 0.25) is 0 Å². The first-order valence-electron chi connectivity index (χ1n) is 5.53. The molecule has 0 aromatic carbocycles. The summed E-state index contributed by atoms with van der Waals surface area (Å²) in [6.07, 6.45) is 3.88. The fourth-order valence-electron chi connectivity index (χ4n) is 2.01. The number of hydrogen-bond acceptors (Lipinski definition) is 3. The molecule has 0 N–H and O–H groups in total. The van der Waals surface area contributed by atoms with Gasteiger partial charge in [-0.1, -0.05) is 13.0 Å². The van der Waals surface area contributed by atoms with Crippen LogP contribution in [-0.2, 0) is 15.6 Å². The van der Waals surface area contributed by atoms with E-state index >= 15 is 0 Å². The van der Waals surface area contributed by atoms with Crippen molar-refractivity contribution >= 4 is 16.6 Å². The average Bonchev–Trinajstić information content (AvgIpc) is 2.29. The van der Waals surface area contributed by atoms with Gasteiger partial charge in [-0.05, 0) is 30.9 Å². The number of carbonyl (C=O) groups excluding carboxylic acids is 1. The van der Waals surface area contributed by atoms with Crippen molar-refractivity contribution < 1.29 is 9.00 Å². The van der Waals surface area contributed by atoms with Crippen LogP contribution in [0.15, 0.2) is 29.4 Å². The van der Waals surface area contributed by atoms with E-state index in [-0.39, 0.29) is 11.0 Å². The Bertz CT molecular complexity index is 405. The Morgan fingerprint density at radius 2 is 2.19 bits per heavy atom. The molecule has 3 atom stereocenters. The number of ketones is 1. The summed E-state index contributed by atoms with van der Waals surface area (Å²) in [5.74, 6) is 0.562. The van der Waals surface area contributed by atoms with Crippen molar-refractivity contribution in [2.75, 3.05) is 0 Å². The predicted octanol–water partition coefficient (Wildman–Crippen LogP) is 1.95. The molecule has 0 amide bonds. The van der Waals surface area contributed by atoms with E-state index < -0.39 is 10.8 Å². The lowest BCUT2D eigenvalue weighted by Crippen LogP contribution is -2.32.